The van der Waals surface area contributed by atoms with Crippen molar-refractivity contribution in [2.45, 2.75) is 19.9 Å². The maximum atomic E-state index is 12.8. The molecule has 0 saturated heterocycles. The highest BCUT2D eigenvalue weighted by Crippen LogP contribution is 2.22. The second kappa shape index (κ2) is 8.09. The molecule has 7 nitrogen and oxygen atoms in total. The Morgan fingerprint density at radius 2 is 2.11 bits per heavy atom. The first-order valence-corrected chi connectivity index (χ1v) is 8.68. The number of ether oxygens (including phenoxy) is 1. The average molecular weight is 365 g/mol. The fraction of sp³-hybridized carbons (Fsp3) is 0.300. The SMILES string of the molecule is COCC(NC(=O)c1cccc(-c2nc(C)cnc2C)c1)c1ccnn1C. The molecule has 1 aromatic carbocycles. The number of aryl methyl sites for hydroxylation is 3. The van der Waals surface area contributed by atoms with Gasteiger partial charge in [0.25, 0.3) is 5.91 Å². The zero-order valence-corrected chi connectivity index (χ0v) is 15.9. The highest BCUT2D eigenvalue weighted by molar-refractivity contribution is 5.95. The molecule has 140 valence electrons. The monoisotopic (exact) mass is 365 g/mol. The van der Waals surface area contributed by atoms with Crippen molar-refractivity contribution in [3.05, 3.63) is 65.4 Å². The Hall–Kier alpha value is -3.06. The minimum Gasteiger partial charge on any atom is -0.382 e. The molecule has 0 fully saturated rings. The molecule has 2 aromatic heterocycles. The molecule has 7 heteroatoms. The van der Waals surface area contributed by atoms with E-state index in [0.717, 1.165) is 28.3 Å². The number of methoxy groups -OCH3 is 1. The number of hydrogen-bond acceptors (Lipinski definition) is 5. The Morgan fingerprint density at radius 3 is 2.81 bits per heavy atom. The summed E-state index contributed by atoms with van der Waals surface area (Å²) >= 11 is 0. The van der Waals surface area contributed by atoms with E-state index in [1.165, 1.54) is 0 Å². The van der Waals surface area contributed by atoms with Gasteiger partial charge < -0.3 is 10.1 Å². The smallest absolute Gasteiger partial charge is 0.251 e. The number of nitrogens with zero attached hydrogens (tertiary/aromatic N) is 4. The molecule has 0 spiro atoms. The number of hydrogen-bond donors (Lipinski definition) is 1. The molecule has 1 amide bonds. The summed E-state index contributed by atoms with van der Waals surface area (Å²) < 4.78 is 7.00. The largest absolute Gasteiger partial charge is 0.382 e. The molecule has 0 saturated carbocycles. The normalized spacial score (nSPS) is 12.0. The molecule has 1 N–H and O–H groups in total. The topological polar surface area (TPSA) is 81.9 Å². The van der Waals surface area contributed by atoms with Crippen LogP contribution in [0.4, 0.5) is 0 Å². The quantitative estimate of drug-likeness (QED) is 0.726. The summed E-state index contributed by atoms with van der Waals surface area (Å²) in [6, 6.07) is 8.97. The molecular weight excluding hydrogens is 342 g/mol. The first kappa shape index (κ1) is 18.7. The average Bonchev–Trinajstić information content (AvgIpc) is 3.09. The maximum absolute atomic E-state index is 12.8. The van der Waals surface area contributed by atoms with E-state index in [9.17, 15) is 4.79 Å². The molecule has 0 bridgehead atoms. The summed E-state index contributed by atoms with van der Waals surface area (Å²) in [5, 5.41) is 7.19. The number of carbonyl (C=O) groups is 1. The van der Waals surface area contributed by atoms with Crippen molar-refractivity contribution in [2.75, 3.05) is 13.7 Å². The van der Waals surface area contributed by atoms with Gasteiger partial charge in [0.05, 0.1) is 35.4 Å². The molecule has 0 aliphatic heterocycles. The molecule has 0 radical (unpaired) electrons. The van der Waals surface area contributed by atoms with Crippen LogP contribution in [0.15, 0.2) is 42.7 Å². The highest BCUT2D eigenvalue weighted by atomic mass is 16.5. The lowest BCUT2D eigenvalue weighted by molar-refractivity contribution is 0.0892. The van der Waals surface area contributed by atoms with Crippen molar-refractivity contribution in [1.82, 2.24) is 25.1 Å². The van der Waals surface area contributed by atoms with Crippen molar-refractivity contribution >= 4 is 5.91 Å². The van der Waals surface area contributed by atoms with E-state index in [1.807, 2.05) is 45.2 Å². The lowest BCUT2D eigenvalue weighted by Gasteiger charge is -2.18. The van der Waals surface area contributed by atoms with Gasteiger partial charge in [-0.3, -0.25) is 14.5 Å². The van der Waals surface area contributed by atoms with E-state index in [2.05, 4.69) is 20.4 Å². The van der Waals surface area contributed by atoms with Crippen LogP contribution < -0.4 is 5.32 Å². The predicted molar refractivity (Wildman–Crippen MR) is 102 cm³/mol. The molecule has 3 rings (SSSR count). The molecule has 0 aliphatic carbocycles. The zero-order chi connectivity index (χ0) is 19.4. The van der Waals surface area contributed by atoms with Gasteiger partial charge in [-0.05, 0) is 32.0 Å². The first-order chi connectivity index (χ1) is 13.0. The van der Waals surface area contributed by atoms with Crippen LogP contribution in [0.1, 0.15) is 33.5 Å². The summed E-state index contributed by atoms with van der Waals surface area (Å²) in [6.07, 6.45) is 3.43. The Labute approximate surface area is 158 Å². The molecule has 2 heterocycles. The van der Waals surface area contributed by atoms with Gasteiger partial charge in [-0.1, -0.05) is 12.1 Å². The Kier molecular flexibility index (Phi) is 5.61. The van der Waals surface area contributed by atoms with Gasteiger partial charge in [0.15, 0.2) is 0 Å². The third-order valence-corrected chi connectivity index (χ3v) is 4.33. The number of nitrogens with one attached hydrogen (secondary N) is 1. The van der Waals surface area contributed by atoms with E-state index in [0.29, 0.717) is 12.2 Å². The van der Waals surface area contributed by atoms with Crippen LogP contribution >= 0.6 is 0 Å². The fourth-order valence-corrected chi connectivity index (χ4v) is 2.95. The second-order valence-electron chi connectivity index (χ2n) is 6.39. The molecule has 1 atom stereocenters. The number of benzene rings is 1. The lowest BCUT2D eigenvalue weighted by atomic mass is 10.1. The van der Waals surface area contributed by atoms with Gasteiger partial charge in [-0.25, -0.2) is 4.98 Å². The van der Waals surface area contributed by atoms with Crippen LogP contribution in [0.2, 0.25) is 0 Å². The first-order valence-electron chi connectivity index (χ1n) is 8.68. The van der Waals surface area contributed by atoms with Crippen molar-refractivity contribution in [3.63, 3.8) is 0 Å². The van der Waals surface area contributed by atoms with Crippen molar-refractivity contribution in [3.8, 4) is 11.3 Å². The molecule has 1 unspecified atom stereocenters. The lowest BCUT2D eigenvalue weighted by Crippen LogP contribution is -2.32. The minimum atomic E-state index is -0.292. The number of aromatic nitrogens is 4. The van der Waals surface area contributed by atoms with Crippen molar-refractivity contribution in [1.29, 1.82) is 0 Å². The van der Waals surface area contributed by atoms with Gasteiger partial charge >= 0.3 is 0 Å². The summed E-state index contributed by atoms with van der Waals surface area (Å²) in [4.78, 5) is 21.8. The third-order valence-electron chi connectivity index (χ3n) is 4.33. The van der Waals surface area contributed by atoms with Crippen LogP contribution in [-0.4, -0.2) is 39.4 Å². The van der Waals surface area contributed by atoms with Gasteiger partial charge in [0, 0.05) is 37.7 Å². The zero-order valence-electron chi connectivity index (χ0n) is 15.9. The summed E-state index contributed by atoms with van der Waals surface area (Å²) in [6.45, 7) is 4.16. The van der Waals surface area contributed by atoms with E-state index in [4.69, 9.17) is 4.74 Å². The van der Waals surface area contributed by atoms with E-state index < -0.39 is 0 Å². The molecule has 27 heavy (non-hydrogen) atoms. The van der Waals surface area contributed by atoms with Crippen LogP contribution in [-0.2, 0) is 11.8 Å². The van der Waals surface area contributed by atoms with E-state index in [-0.39, 0.29) is 11.9 Å². The molecule has 0 aliphatic rings. The molecule has 3 aromatic rings. The van der Waals surface area contributed by atoms with Crippen molar-refractivity contribution in [2.24, 2.45) is 7.05 Å². The van der Waals surface area contributed by atoms with Crippen LogP contribution in [0.3, 0.4) is 0 Å². The summed E-state index contributed by atoms with van der Waals surface area (Å²) in [5.41, 5.74) is 4.73. The van der Waals surface area contributed by atoms with Gasteiger partial charge in [-0.15, -0.1) is 0 Å². The third kappa shape index (κ3) is 4.20. The van der Waals surface area contributed by atoms with Gasteiger partial charge in [0.2, 0.25) is 0 Å². The number of amides is 1. The summed E-state index contributed by atoms with van der Waals surface area (Å²) in [7, 11) is 3.44. The number of carbonyl (C=O) groups excluding carboxylic acids is 1. The fourth-order valence-electron chi connectivity index (χ4n) is 2.95. The maximum Gasteiger partial charge on any atom is 0.251 e. The standard InChI is InChI=1S/C20H23N5O2/c1-13-11-21-14(2)19(23-13)15-6-5-7-16(10-15)20(26)24-17(12-27-4)18-8-9-22-25(18)3/h5-11,17H,12H2,1-4H3,(H,24,26). The van der Waals surface area contributed by atoms with Crippen LogP contribution in [0.5, 0.6) is 0 Å². The Balaban J connectivity index is 1.87. The predicted octanol–water partition coefficient (Wildman–Crippen LogP) is 2.61. The van der Waals surface area contributed by atoms with E-state index >= 15 is 0 Å². The van der Waals surface area contributed by atoms with Gasteiger partial charge in [0.1, 0.15) is 0 Å². The Bertz CT molecular complexity index is 951. The minimum absolute atomic E-state index is 0.182. The summed E-state index contributed by atoms with van der Waals surface area (Å²) in [5.74, 6) is -0.182. The second-order valence-corrected chi connectivity index (χ2v) is 6.39. The Morgan fingerprint density at radius 1 is 1.30 bits per heavy atom. The number of rotatable bonds is 6. The van der Waals surface area contributed by atoms with Crippen LogP contribution in [0, 0.1) is 13.8 Å². The molecular formula is C20H23N5O2. The van der Waals surface area contributed by atoms with Gasteiger partial charge in [-0.2, -0.15) is 5.10 Å². The van der Waals surface area contributed by atoms with E-state index in [1.54, 1.807) is 30.3 Å². The van der Waals surface area contributed by atoms with Crippen molar-refractivity contribution < 1.29 is 9.53 Å². The van der Waals surface area contributed by atoms with Crippen LogP contribution in [0.25, 0.3) is 11.3 Å². The highest BCUT2D eigenvalue weighted by Gasteiger charge is 2.19.